The third-order valence-corrected chi connectivity index (χ3v) is 18.5. The zero-order valence-electron chi connectivity index (χ0n) is 22.4. The summed E-state index contributed by atoms with van der Waals surface area (Å²) in [6, 6.07) is 57.0. The summed E-state index contributed by atoms with van der Waals surface area (Å²) in [6.45, 7) is 4.94. The van der Waals surface area contributed by atoms with E-state index < -0.39 is 15.2 Å². The molecule has 1 saturated heterocycles. The number of hydrogen-bond acceptors (Lipinski definition) is 0. The van der Waals surface area contributed by atoms with Gasteiger partial charge in [0.1, 0.15) is 0 Å². The van der Waals surface area contributed by atoms with Gasteiger partial charge in [-0.1, -0.05) is 166 Å². The summed E-state index contributed by atoms with van der Waals surface area (Å²) in [4.78, 5) is 0. The normalized spacial score (nSPS) is 23.1. The number of hydrogen-bond donors (Lipinski definition) is 0. The molecule has 0 spiro atoms. The molecule has 0 N–H and O–H groups in total. The van der Waals surface area contributed by atoms with Crippen LogP contribution in [0.15, 0.2) is 152 Å². The minimum Gasteiger partial charge on any atom is -0.0622 e. The van der Waals surface area contributed by atoms with Crippen LogP contribution < -0.4 is 0 Å². The molecule has 7 rings (SSSR count). The minimum absolute atomic E-state index is 0.0777. The number of allylic oxidation sites excluding steroid dienone is 1. The predicted molar refractivity (Wildman–Crippen MR) is 170 cm³/mol. The predicted octanol–water partition coefficient (Wildman–Crippen LogP) is 10.7. The first-order chi connectivity index (χ1) is 19.2. The summed E-state index contributed by atoms with van der Waals surface area (Å²) in [7, 11) is -0.954. The van der Waals surface area contributed by atoms with E-state index in [-0.39, 0.29) is 10.3 Å². The molecule has 2 heteroatoms. The smallest absolute Gasteiger partial charge is 0.0622 e. The van der Waals surface area contributed by atoms with E-state index in [2.05, 4.69) is 166 Å². The lowest BCUT2D eigenvalue weighted by Gasteiger charge is -2.34. The molecule has 0 aliphatic carbocycles. The first-order valence-electron chi connectivity index (χ1n) is 13.8. The molecule has 0 aromatic heterocycles. The molecule has 5 aromatic carbocycles. The van der Waals surface area contributed by atoms with E-state index in [0.29, 0.717) is 5.66 Å². The summed E-state index contributed by atoms with van der Waals surface area (Å²) in [5.41, 5.74) is 9.27. The maximum Gasteiger partial charge on any atom is 0.0648 e. The molecule has 0 bridgehead atoms. The Hall–Kier alpha value is -3.30. The van der Waals surface area contributed by atoms with Crippen LogP contribution >= 0.6 is 15.2 Å². The molecule has 0 radical (unpaired) electrons. The number of fused-ring (bicyclic) bond motifs is 1. The van der Waals surface area contributed by atoms with Gasteiger partial charge in [0.2, 0.25) is 0 Å². The third kappa shape index (κ3) is 3.45. The number of benzene rings is 5. The van der Waals surface area contributed by atoms with Crippen molar-refractivity contribution in [2.75, 3.05) is 0 Å². The fourth-order valence-electron chi connectivity index (χ4n) is 7.00. The highest BCUT2D eigenvalue weighted by Crippen LogP contribution is 3.13. The van der Waals surface area contributed by atoms with Gasteiger partial charge < -0.3 is 0 Å². The molecular weight excluding hydrogens is 506 g/mol. The van der Waals surface area contributed by atoms with Crippen molar-refractivity contribution >= 4 is 26.1 Å². The highest BCUT2D eigenvalue weighted by molar-refractivity contribution is 8.39. The monoisotopic (exact) mass is 538 g/mol. The van der Waals surface area contributed by atoms with E-state index >= 15 is 0 Å². The highest BCUT2D eigenvalue weighted by atomic mass is 32.1. The first-order valence-corrected chi connectivity index (χ1v) is 17.3. The van der Waals surface area contributed by atoms with Gasteiger partial charge in [-0.05, 0) is 59.6 Å². The maximum atomic E-state index is 2.47. The molecule has 2 aliphatic rings. The summed E-state index contributed by atoms with van der Waals surface area (Å²) < 4.78 is 0. The fourth-order valence-corrected chi connectivity index (χ4v) is 19.7. The summed E-state index contributed by atoms with van der Waals surface area (Å²) in [5.74, 6) is 0. The minimum atomic E-state index is -0.497. The molecule has 190 valence electrons. The van der Waals surface area contributed by atoms with Crippen LogP contribution in [0.4, 0.5) is 0 Å². The van der Waals surface area contributed by atoms with Crippen LogP contribution in [0.5, 0.6) is 0 Å². The number of rotatable bonds is 6. The molecule has 1 fully saturated rings. The van der Waals surface area contributed by atoms with E-state index in [0.717, 1.165) is 0 Å². The topological polar surface area (TPSA) is 0 Å². The fraction of sp³-hybridized carbons (Fsp3) is 0.135. The zero-order valence-corrected chi connectivity index (χ0v) is 24.2. The lowest BCUT2D eigenvalue weighted by atomic mass is 9.71. The van der Waals surface area contributed by atoms with Gasteiger partial charge in [0.25, 0.3) is 0 Å². The van der Waals surface area contributed by atoms with Gasteiger partial charge in [-0.3, -0.25) is 0 Å². The quantitative estimate of drug-likeness (QED) is 0.189. The van der Waals surface area contributed by atoms with Crippen molar-refractivity contribution in [2.45, 2.75) is 29.8 Å². The second-order valence-electron chi connectivity index (χ2n) is 10.7. The van der Waals surface area contributed by atoms with Crippen LogP contribution in [0.25, 0.3) is 10.9 Å². The molecule has 2 aliphatic heterocycles. The van der Waals surface area contributed by atoms with Crippen LogP contribution in [-0.2, 0) is 10.3 Å². The third-order valence-electron chi connectivity index (χ3n) is 8.33. The van der Waals surface area contributed by atoms with E-state index in [9.17, 15) is 0 Å². The molecule has 0 nitrogen and oxygen atoms in total. The van der Waals surface area contributed by atoms with E-state index in [1.807, 2.05) is 0 Å². The lowest BCUT2D eigenvalue weighted by Crippen LogP contribution is -2.26. The van der Waals surface area contributed by atoms with Crippen molar-refractivity contribution < 1.29 is 0 Å². The lowest BCUT2D eigenvalue weighted by molar-refractivity contribution is 0.726. The van der Waals surface area contributed by atoms with Crippen molar-refractivity contribution in [2.24, 2.45) is 0 Å². The largest absolute Gasteiger partial charge is 0.0648 e. The van der Waals surface area contributed by atoms with Gasteiger partial charge in [-0.15, -0.1) is 0 Å². The Morgan fingerprint density at radius 3 is 1.21 bits per heavy atom. The Labute approximate surface area is 234 Å². The van der Waals surface area contributed by atoms with Crippen LogP contribution in [0.3, 0.4) is 0 Å². The summed E-state index contributed by atoms with van der Waals surface area (Å²) >= 11 is 0. The molecule has 39 heavy (non-hydrogen) atoms. The second-order valence-corrected chi connectivity index (χ2v) is 17.4. The van der Waals surface area contributed by atoms with Crippen molar-refractivity contribution in [1.82, 2.24) is 0 Å². The maximum absolute atomic E-state index is 2.47. The van der Waals surface area contributed by atoms with Gasteiger partial charge in [0.05, 0.1) is 10.3 Å². The Balaban J connectivity index is 1.68. The first kappa shape index (κ1) is 24.7. The summed E-state index contributed by atoms with van der Waals surface area (Å²) in [5, 5.41) is 1.43. The molecule has 5 aromatic rings. The van der Waals surface area contributed by atoms with Crippen LogP contribution in [-0.4, -0.2) is 5.66 Å². The van der Waals surface area contributed by atoms with E-state index in [4.69, 9.17) is 0 Å². The Morgan fingerprint density at radius 2 is 0.795 bits per heavy atom. The van der Waals surface area contributed by atoms with Crippen LogP contribution in [0.1, 0.15) is 41.7 Å². The Kier molecular flexibility index (Phi) is 6.16. The molecular formula is C37H32P2. The molecule has 3 atom stereocenters. The van der Waals surface area contributed by atoms with Gasteiger partial charge in [-0.25, -0.2) is 0 Å². The van der Waals surface area contributed by atoms with Crippen LogP contribution in [0.2, 0.25) is 0 Å². The van der Waals surface area contributed by atoms with Gasteiger partial charge in [-0.2, -0.15) is 0 Å². The second kappa shape index (κ2) is 9.71. The molecule has 0 saturated carbocycles. The summed E-state index contributed by atoms with van der Waals surface area (Å²) in [6.07, 6.45) is 0. The van der Waals surface area contributed by atoms with Crippen molar-refractivity contribution in [3.63, 3.8) is 0 Å². The van der Waals surface area contributed by atoms with E-state index in [1.165, 1.54) is 27.8 Å². The van der Waals surface area contributed by atoms with Crippen LogP contribution in [0, 0.1) is 0 Å². The van der Waals surface area contributed by atoms with Crippen molar-refractivity contribution in [3.05, 3.63) is 179 Å². The average Bonchev–Trinajstić information content (AvgIpc) is 3.50. The Bertz CT molecular complexity index is 1570. The molecule has 2 heterocycles. The SMILES string of the molecule is CC(C)P1C(c2ccccc2)=C(c2ccccc2)C2(c3ccccc3)P1C2(c1ccccc1)c1ccccc1. The zero-order chi connectivity index (χ0) is 26.5. The van der Waals surface area contributed by atoms with Crippen molar-refractivity contribution in [3.8, 4) is 0 Å². The van der Waals surface area contributed by atoms with Crippen molar-refractivity contribution in [1.29, 1.82) is 0 Å². The average molecular weight is 539 g/mol. The Morgan fingerprint density at radius 1 is 0.436 bits per heavy atom. The highest BCUT2D eigenvalue weighted by Gasteiger charge is 2.85. The van der Waals surface area contributed by atoms with Gasteiger partial charge in [0, 0.05) is 0 Å². The van der Waals surface area contributed by atoms with Gasteiger partial charge in [0.15, 0.2) is 0 Å². The van der Waals surface area contributed by atoms with E-state index in [1.54, 1.807) is 10.9 Å². The molecule has 3 unspecified atom stereocenters. The molecule has 0 amide bonds. The van der Waals surface area contributed by atoms with Gasteiger partial charge >= 0.3 is 0 Å². The standard InChI is InChI=1S/C37H32P2/c1-28(2)38-35(30-20-10-4-11-21-30)34(29-18-8-3-9-19-29)37(33-26-16-7-17-27-33)36(39(37)38,31-22-12-5-13-23-31)32-24-14-6-15-25-32/h3-28H,1-2H3.